The highest BCUT2D eigenvalue weighted by molar-refractivity contribution is 7.90. The van der Waals surface area contributed by atoms with Crippen LogP contribution >= 0.6 is 11.3 Å². The average molecular weight is 434 g/mol. The van der Waals surface area contributed by atoms with Crippen molar-refractivity contribution in [3.8, 4) is 11.3 Å². The highest BCUT2D eigenvalue weighted by Crippen LogP contribution is 2.39. The summed E-state index contributed by atoms with van der Waals surface area (Å²) in [6, 6.07) is 6.78. The van der Waals surface area contributed by atoms with E-state index in [2.05, 4.69) is 9.88 Å². The van der Waals surface area contributed by atoms with Gasteiger partial charge in [0.05, 0.1) is 17.0 Å². The molecular weight excluding hydrogens is 416 g/mol. The van der Waals surface area contributed by atoms with E-state index in [0.717, 1.165) is 11.3 Å². The number of carbonyl (C=O) groups excluding carboxylic acids is 1. The molecular formula is C19H18N2O6S2. The van der Waals surface area contributed by atoms with Crippen LogP contribution in [0.1, 0.15) is 28.7 Å². The van der Waals surface area contributed by atoms with E-state index in [1.54, 1.807) is 17.5 Å². The molecule has 10 heteroatoms. The molecule has 3 heterocycles. The first-order valence-corrected chi connectivity index (χ1v) is 11.2. The summed E-state index contributed by atoms with van der Waals surface area (Å²) >= 11 is 1.24. The molecule has 1 aromatic carbocycles. The van der Waals surface area contributed by atoms with E-state index in [1.165, 1.54) is 22.8 Å². The van der Waals surface area contributed by atoms with Crippen molar-refractivity contribution in [2.75, 3.05) is 6.79 Å². The Morgan fingerprint density at radius 3 is 2.66 bits per heavy atom. The second-order valence-electron chi connectivity index (χ2n) is 6.55. The number of sulfonamides is 1. The predicted octanol–water partition coefficient (Wildman–Crippen LogP) is 3.07. The van der Waals surface area contributed by atoms with Gasteiger partial charge in [0, 0.05) is 22.1 Å². The molecule has 0 bridgehead atoms. The third-order valence-corrected chi connectivity index (χ3v) is 6.88. The molecule has 152 valence electrons. The van der Waals surface area contributed by atoms with Gasteiger partial charge in [-0.2, -0.15) is 11.3 Å². The van der Waals surface area contributed by atoms with Gasteiger partial charge in [-0.15, -0.1) is 0 Å². The number of hydrogen-bond donors (Lipinski definition) is 1. The summed E-state index contributed by atoms with van der Waals surface area (Å²) in [5.74, 6) is -0.0934. The summed E-state index contributed by atoms with van der Waals surface area (Å²) in [4.78, 5) is 12.6. The zero-order valence-corrected chi connectivity index (χ0v) is 17.3. The van der Waals surface area contributed by atoms with Crippen molar-refractivity contribution >= 4 is 27.3 Å². The molecule has 0 radical (unpaired) electrons. The summed E-state index contributed by atoms with van der Waals surface area (Å²) < 4.78 is 43.2. The number of carbonyl (C=O) groups is 1. The number of amides is 1. The Kier molecular flexibility index (Phi) is 5.26. The fourth-order valence-electron chi connectivity index (χ4n) is 3.04. The standard InChI is InChI=1S/C19H18N2O6S2/c1-11-12(2)20-27-18(11)15-5-3-4-13(17(15)19-25-10-26-19)8-16(22)21-29(23,24)14-6-7-28-9-14/h3-7,9,19H,8,10H2,1-2H3,(H,21,22). The van der Waals surface area contributed by atoms with Crippen LogP contribution in [0.3, 0.4) is 0 Å². The van der Waals surface area contributed by atoms with Crippen molar-refractivity contribution < 1.29 is 27.2 Å². The van der Waals surface area contributed by atoms with Gasteiger partial charge in [0.1, 0.15) is 0 Å². The molecule has 0 unspecified atom stereocenters. The Balaban J connectivity index is 1.66. The Morgan fingerprint density at radius 1 is 1.28 bits per heavy atom. The van der Waals surface area contributed by atoms with Crippen LogP contribution in [0.2, 0.25) is 0 Å². The van der Waals surface area contributed by atoms with E-state index < -0.39 is 22.2 Å². The number of nitrogens with zero attached hydrogens (tertiary/aromatic N) is 1. The maximum absolute atomic E-state index is 12.5. The van der Waals surface area contributed by atoms with Gasteiger partial charge < -0.3 is 14.0 Å². The lowest BCUT2D eigenvalue weighted by molar-refractivity contribution is -0.326. The Hall–Kier alpha value is -2.53. The maximum Gasteiger partial charge on any atom is 0.264 e. The number of aryl methyl sites for hydroxylation is 1. The second kappa shape index (κ2) is 7.71. The predicted molar refractivity (Wildman–Crippen MR) is 105 cm³/mol. The number of hydrogen-bond acceptors (Lipinski definition) is 8. The van der Waals surface area contributed by atoms with Crippen molar-refractivity contribution in [2.45, 2.75) is 31.5 Å². The van der Waals surface area contributed by atoms with Crippen molar-refractivity contribution in [3.05, 3.63) is 57.4 Å². The molecule has 29 heavy (non-hydrogen) atoms. The number of ether oxygens (including phenoxy) is 2. The largest absolute Gasteiger partial charge is 0.356 e. The average Bonchev–Trinajstić information content (AvgIpc) is 3.26. The van der Waals surface area contributed by atoms with Crippen LogP contribution in [-0.2, 0) is 30.7 Å². The van der Waals surface area contributed by atoms with Crippen LogP contribution < -0.4 is 4.72 Å². The summed E-state index contributed by atoms with van der Waals surface area (Å²) in [6.45, 7) is 3.87. The van der Waals surface area contributed by atoms with E-state index in [-0.39, 0.29) is 18.1 Å². The molecule has 0 aliphatic carbocycles. The molecule has 3 aromatic rings. The minimum absolute atomic E-state index is 0.0586. The van der Waals surface area contributed by atoms with E-state index in [9.17, 15) is 13.2 Å². The number of nitrogens with one attached hydrogen (secondary N) is 1. The van der Waals surface area contributed by atoms with Crippen molar-refractivity contribution in [2.24, 2.45) is 0 Å². The fraction of sp³-hybridized carbons (Fsp3) is 0.263. The molecule has 0 atom stereocenters. The molecule has 1 fully saturated rings. The van der Waals surface area contributed by atoms with Crippen LogP contribution in [0.15, 0.2) is 44.4 Å². The fourth-order valence-corrected chi connectivity index (χ4v) is 5.05. The van der Waals surface area contributed by atoms with Gasteiger partial charge >= 0.3 is 0 Å². The minimum Gasteiger partial charge on any atom is -0.356 e. The third-order valence-electron chi connectivity index (χ3n) is 4.68. The first-order valence-electron chi connectivity index (χ1n) is 8.73. The van der Waals surface area contributed by atoms with Gasteiger partial charge in [-0.3, -0.25) is 4.79 Å². The molecule has 1 amide bonds. The number of rotatable bonds is 6. The lowest BCUT2D eigenvalue weighted by Crippen LogP contribution is -2.32. The van der Waals surface area contributed by atoms with Crippen LogP contribution in [0, 0.1) is 13.8 Å². The molecule has 2 aromatic heterocycles. The van der Waals surface area contributed by atoms with Crippen LogP contribution in [0.25, 0.3) is 11.3 Å². The topological polar surface area (TPSA) is 108 Å². The summed E-state index contributed by atoms with van der Waals surface area (Å²) in [5, 5.41) is 7.09. The lowest BCUT2D eigenvalue weighted by Gasteiger charge is -2.30. The Bertz CT molecular complexity index is 1150. The molecule has 0 spiro atoms. The second-order valence-corrected chi connectivity index (χ2v) is 9.01. The highest BCUT2D eigenvalue weighted by atomic mass is 32.2. The zero-order chi connectivity index (χ0) is 20.6. The zero-order valence-electron chi connectivity index (χ0n) is 15.7. The summed E-state index contributed by atoms with van der Waals surface area (Å²) in [7, 11) is -3.91. The highest BCUT2D eigenvalue weighted by Gasteiger charge is 2.30. The van der Waals surface area contributed by atoms with Gasteiger partial charge in [0.2, 0.25) is 5.91 Å². The van der Waals surface area contributed by atoms with Crippen molar-refractivity contribution in [1.82, 2.24) is 9.88 Å². The Morgan fingerprint density at radius 2 is 2.07 bits per heavy atom. The lowest BCUT2D eigenvalue weighted by atomic mass is 9.94. The molecule has 1 saturated heterocycles. The maximum atomic E-state index is 12.5. The van der Waals surface area contributed by atoms with E-state index in [1.807, 2.05) is 19.9 Å². The van der Waals surface area contributed by atoms with Gasteiger partial charge in [-0.25, -0.2) is 13.1 Å². The molecule has 1 N–H and O–H groups in total. The molecule has 1 aliphatic heterocycles. The van der Waals surface area contributed by atoms with Gasteiger partial charge in [0.25, 0.3) is 10.0 Å². The third kappa shape index (κ3) is 3.84. The van der Waals surface area contributed by atoms with E-state index >= 15 is 0 Å². The first-order chi connectivity index (χ1) is 13.9. The van der Waals surface area contributed by atoms with Crippen molar-refractivity contribution in [1.29, 1.82) is 0 Å². The molecule has 4 rings (SSSR count). The quantitative estimate of drug-likeness (QED) is 0.635. The molecule has 1 aliphatic rings. The number of benzene rings is 1. The normalized spacial score (nSPS) is 14.6. The smallest absolute Gasteiger partial charge is 0.264 e. The van der Waals surface area contributed by atoms with Crippen LogP contribution in [0.4, 0.5) is 0 Å². The van der Waals surface area contributed by atoms with Crippen LogP contribution in [-0.4, -0.2) is 26.3 Å². The van der Waals surface area contributed by atoms with E-state index in [0.29, 0.717) is 22.5 Å². The van der Waals surface area contributed by atoms with Crippen LogP contribution in [0.5, 0.6) is 0 Å². The van der Waals surface area contributed by atoms with Gasteiger partial charge in [-0.1, -0.05) is 23.4 Å². The van der Waals surface area contributed by atoms with E-state index in [4.69, 9.17) is 14.0 Å². The summed E-state index contributed by atoms with van der Waals surface area (Å²) in [5.41, 5.74) is 3.53. The SMILES string of the molecule is Cc1noc(-c2cccc(CC(=O)NS(=O)(=O)c3ccsc3)c2C2OCO2)c1C. The number of aromatic nitrogens is 1. The van der Waals surface area contributed by atoms with Gasteiger partial charge in [-0.05, 0) is 30.9 Å². The Labute approximate surface area is 171 Å². The van der Waals surface area contributed by atoms with Gasteiger partial charge in [0.15, 0.2) is 18.8 Å². The monoisotopic (exact) mass is 434 g/mol. The minimum atomic E-state index is -3.91. The molecule has 0 saturated carbocycles. The first kappa shape index (κ1) is 19.8. The summed E-state index contributed by atoms with van der Waals surface area (Å²) in [6.07, 6.45) is -0.825. The number of thiophene rings is 1. The van der Waals surface area contributed by atoms with Crippen molar-refractivity contribution in [3.63, 3.8) is 0 Å². The molecule has 8 nitrogen and oxygen atoms in total.